The monoisotopic (exact) mass is 381 g/mol. The molecule has 6 heteroatoms. The summed E-state index contributed by atoms with van der Waals surface area (Å²) in [5.41, 5.74) is 2.00. The van der Waals surface area contributed by atoms with E-state index in [2.05, 4.69) is 10.6 Å². The molecule has 28 heavy (non-hydrogen) atoms. The third kappa shape index (κ3) is 5.41. The molecular formula is C22H27N3O3. The first-order valence-corrected chi connectivity index (χ1v) is 9.76. The number of rotatable bonds is 8. The highest BCUT2D eigenvalue weighted by atomic mass is 16.5. The number of ether oxygens (including phenoxy) is 1. The Hall–Kier alpha value is -2.70. The Morgan fingerprint density at radius 1 is 1.14 bits per heavy atom. The Bertz CT molecular complexity index is 789. The number of benzene rings is 2. The first kappa shape index (κ1) is 20.0. The van der Waals surface area contributed by atoms with Crippen molar-refractivity contribution in [3.8, 4) is 0 Å². The molecule has 2 N–H and O–H groups in total. The second-order valence-corrected chi connectivity index (χ2v) is 6.78. The van der Waals surface area contributed by atoms with Crippen LogP contribution in [0.5, 0.6) is 0 Å². The van der Waals surface area contributed by atoms with Crippen LogP contribution in [0.3, 0.4) is 0 Å². The van der Waals surface area contributed by atoms with Gasteiger partial charge in [-0.15, -0.1) is 0 Å². The minimum absolute atomic E-state index is 0.0960. The Balaban J connectivity index is 1.58. The molecule has 2 aromatic rings. The van der Waals surface area contributed by atoms with Gasteiger partial charge in [-0.2, -0.15) is 0 Å². The van der Waals surface area contributed by atoms with Gasteiger partial charge in [0.2, 0.25) is 5.91 Å². The number of carbonyl (C=O) groups is 2. The molecule has 6 nitrogen and oxygen atoms in total. The maximum absolute atomic E-state index is 12.9. The van der Waals surface area contributed by atoms with E-state index in [-0.39, 0.29) is 24.5 Å². The van der Waals surface area contributed by atoms with Crippen LogP contribution in [0.25, 0.3) is 0 Å². The summed E-state index contributed by atoms with van der Waals surface area (Å²) < 4.78 is 5.53. The summed E-state index contributed by atoms with van der Waals surface area (Å²) in [6.45, 7) is 4.19. The third-order valence-electron chi connectivity index (χ3n) is 4.70. The number of hydrogen-bond acceptors (Lipinski definition) is 4. The number of nitrogens with one attached hydrogen (secondary N) is 2. The number of hydrogen-bond donors (Lipinski definition) is 2. The molecule has 1 unspecified atom stereocenters. The third-order valence-corrected chi connectivity index (χ3v) is 4.70. The maximum atomic E-state index is 12.9. The molecule has 1 heterocycles. The van der Waals surface area contributed by atoms with Crippen molar-refractivity contribution in [1.82, 2.24) is 5.32 Å². The molecule has 0 aliphatic carbocycles. The Kier molecular flexibility index (Phi) is 7.17. The zero-order valence-corrected chi connectivity index (χ0v) is 16.2. The van der Waals surface area contributed by atoms with Gasteiger partial charge in [-0.25, -0.2) is 0 Å². The van der Waals surface area contributed by atoms with E-state index >= 15 is 0 Å². The zero-order valence-electron chi connectivity index (χ0n) is 16.2. The zero-order chi connectivity index (χ0) is 19.8. The van der Waals surface area contributed by atoms with Gasteiger partial charge in [0.25, 0.3) is 5.91 Å². The van der Waals surface area contributed by atoms with Crippen LogP contribution >= 0.6 is 0 Å². The molecule has 1 saturated heterocycles. The summed E-state index contributed by atoms with van der Waals surface area (Å²) >= 11 is 0. The second-order valence-electron chi connectivity index (χ2n) is 6.78. The number of nitrogens with zero attached hydrogens (tertiary/aromatic N) is 1. The van der Waals surface area contributed by atoms with E-state index in [1.807, 2.05) is 37.3 Å². The molecular weight excluding hydrogens is 354 g/mol. The molecule has 148 valence electrons. The summed E-state index contributed by atoms with van der Waals surface area (Å²) in [7, 11) is 0. The Morgan fingerprint density at radius 3 is 2.68 bits per heavy atom. The van der Waals surface area contributed by atoms with E-state index in [1.54, 1.807) is 29.2 Å². The van der Waals surface area contributed by atoms with Gasteiger partial charge in [0, 0.05) is 36.6 Å². The molecule has 0 bridgehead atoms. The van der Waals surface area contributed by atoms with Crippen molar-refractivity contribution in [3.05, 3.63) is 60.2 Å². The predicted octanol–water partition coefficient (Wildman–Crippen LogP) is 3.06. The van der Waals surface area contributed by atoms with Gasteiger partial charge < -0.3 is 20.3 Å². The highest BCUT2D eigenvalue weighted by Crippen LogP contribution is 2.18. The Morgan fingerprint density at radius 2 is 1.96 bits per heavy atom. The largest absolute Gasteiger partial charge is 0.377 e. The van der Waals surface area contributed by atoms with Crippen molar-refractivity contribution in [1.29, 1.82) is 0 Å². The quantitative estimate of drug-likeness (QED) is 0.737. The van der Waals surface area contributed by atoms with E-state index in [0.717, 1.165) is 25.1 Å². The van der Waals surface area contributed by atoms with E-state index in [1.165, 1.54) is 0 Å². The van der Waals surface area contributed by atoms with Gasteiger partial charge in [-0.1, -0.05) is 24.3 Å². The van der Waals surface area contributed by atoms with E-state index in [4.69, 9.17) is 4.74 Å². The van der Waals surface area contributed by atoms with Gasteiger partial charge in [-0.3, -0.25) is 9.59 Å². The van der Waals surface area contributed by atoms with Gasteiger partial charge in [0.1, 0.15) is 0 Å². The molecule has 1 aliphatic rings. The molecule has 0 radical (unpaired) electrons. The van der Waals surface area contributed by atoms with Crippen LogP contribution in [0.15, 0.2) is 54.6 Å². The van der Waals surface area contributed by atoms with E-state index < -0.39 is 0 Å². The summed E-state index contributed by atoms with van der Waals surface area (Å²) in [6.07, 6.45) is 2.32. The minimum atomic E-state index is -0.141. The van der Waals surface area contributed by atoms with Crippen LogP contribution in [0, 0.1) is 0 Å². The van der Waals surface area contributed by atoms with Crippen molar-refractivity contribution < 1.29 is 14.3 Å². The lowest BCUT2D eigenvalue weighted by atomic mass is 10.1. The van der Waals surface area contributed by atoms with Crippen LogP contribution in [0.4, 0.5) is 11.4 Å². The predicted molar refractivity (Wildman–Crippen MR) is 111 cm³/mol. The van der Waals surface area contributed by atoms with Crippen molar-refractivity contribution in [3.63, 3.8) is 0 Å². The average Bonchev–Trinajstić information content (AvgIpc) is 3.23. The SMILES string of the molecule is CCN(C(=O)c1cccc(NC(=O)CNCC2CCCO2)c1)c1ccccc1. The fourth-order valence-corrected chi connectivity index (χ4v) is 3.29. The fourth-order valence-electron chi connectivity index (χ4n) is 3.29. The number of carbonyl (C=O) groups excluding carboxylic acids is 2. The number of para-hydroxylation sites is 1. The first-order valence-electron chi connectivity index (χ1n) is 9.76. The van der Waals surface area contributed by atoms with E-state index in [9.17, 15) is 9.59 Å². The topological polar surface area (TPSA) is 70.7 Å². The van der Waals surface area contributed by atoms with Gasteiger partial charge >= 0.3 is 0 Å². The van der Waals surface area contributed by atoms with Crippen LogP contribution in [-0.4, -0.2) is 44.2 Å². The van der Waals surface area contributed by atoms with Crippen molar-refractivity contribution in [2.24, 2.45) is 0 Å². The molecule has 0 spiro atoms. The molecule has 3 rings (SSSR count). The lowest BCUT2D eigenvalue weighted by molar-refractivity contribution is -0.115. The number of amides is 2. The standard InChI is InChI=1S/C22H27N3O3/c1-2-25(19-10-4-3-5-11-19)22(27)17-8-6-9-18(14-17)24-21(26)16-23-15-20-12-7-13-28-20/h3-6,8-11,14,20,23H,2,7,12-13,15-16H2,1H3,(H,24,26). The molecule has 1 atom stereocenters. The summed E-state index contributed by atoms with van der Waals surface area (Å²) in [4.78, 5) is 26.8. The van der Waals surface area contributed by atoms with Crippen LogP contribution < -0.4 is 15.5 Å². The molecule has 1 aliphatic heterocycles. The second kappa shape index (κ2) is 10.0. The smallest absolute Gasteiger partial charge is 0.258 e. The average molecular weight is 381 g/mol. The van der Waals surface area contributed by atoms with Gasteiger partial charge in [-0.05, 0) is 50.1 Å². The molecule has 0 aromatic heterocycles. The summed E-state index contributed by atoms with van der Waals surface area (Å²) in [5.74, 6) is -0.237. The van der Waals surface area contributed by atoms with Crippen LogP contribution in [0.1, 0.15) is 30.1 Å². The lowest BCUT2D eigenvalue weighted by Crippen LogP contribution is -2.33. The molecule has 2 amide bonds. The van der Waals surface area contributed by atoms with Gasteiger partial charge in [0.15, 0.2) is 0 Å². The number of anilines is 2. The normalized spacial score (nSPS) is 16.0. The molecule has 1 fully saturated rings. The van der Waals surface area contributed by atoms with Crippen LogP contribution in [0.2, 0.25) is 0 Å². The van der Waals surface area contributed by atoms with Crippen LogP contribution in [-0.2, 0) is 9.53 Å². The fraction of sp³-hybridized carbons (Fsp3) is 0.364. The van der Waals surface area contributed by atoms with Crippen molar-refractivity contribution in [2.45, 2.75) is 25.9 Å². The van der Waals surface area contributed by atoms with Gasteiger partial charge in [0.05, 0.1) is 12.6 Å². The van der Waals surface area contributed by atoms with E-state index in [0.29, 0.717) is 24.3 Å². The Labute approximate surface area is 165 Å². The van der Waals surface area contributed by atoms with Crippen molar-refractivity contribution in [2.75, 3.05) is 36.5 Å². The maximum Gasteiger partial charge on any atom is 0.258 e. The lowest BCUT2D eigenvalue weighted by Gasteiger charge is -2.21. The first-order chi connectivity index (χ1) is 13.7. The molecule has 0 saturated carbocycles. The molecule has 2 aromatic carbocycles. The summed E-state index contributed by atoms with van der Waals surface area (Å²) in [5, 5.41) is 5.97. The van der Waals surface area contributed by atoms with Crippen molar-refractivity contribution >= 4 is 23.2 Å². The highest BCUT2D eigenvalue weighted by Gasteiger charge is 2.17. The minimum Gasteiger partial charge on any atom is -0.377 e. The summed E-state index contributed by atoms with van der Waals surface area (Å²) in [6, 6.07) is 16.6. The highest BCUT2D eigenvalue weighted by molar-refractivity contribution is 6.07.